The SMILES string of the molecule is CC1(C)Cc2nc(N3CCC(O)CC3)ncc2[C@H](NC(=O)C(C)(C)N)C1. The van der Waals surface area contributed by atoms with Crippen molar-refractivity contribution in [2.24, 2.45) is 11.1 Å². The molecule has 1 aromatic heterocycles. The lowest BCUT2D eigenvalue weighted by Crippen LogP contribution is -2.51. The second kappa shape index (κ2) is 6.78. The number of hydrogen-bond acceptors (Lipinski definition) is 6. The van der Waals surface area contributed by atoms with E-state index in [1.165, 1.54) is 0 Å². The van der Waals surface area contributed by atoms with Crippen molar-refractivity contribution in [3.8, 4) is 0 Å². The zero-order valence-corrected chi connectivity index (χ0v) is 16.2. The first-order valence-corrected chi connectivity index (χ1v) is 9.44. The van der Waals surface area contributed by atoms with E-state index < -0.39 is 5.54 Å². The minimum absolute atomic E-state index is 0.0351. The van der Waals surface area contributed by atoms with Gasteiger partial charge in [0.15, 0.2) is 0 Å². The van der Waals surface area contributed by atoms with Gasteiger partial charge in [0.05, 0.1) is 23.4 Å². The van der Waals surface area contributed by atoms with Crippen molar-refractivity contribution in [3.05, 3.63) is 17.5 Å². The number of carbonyl (C=O) groups excluding carboxylic acids is 1. The minimum Gasteiger partial charge on any atom is -0.393 e. The van der Waals surface area contributed by atoms with Crippen LogP contribution in [0.1, 0.15) is 64.3 Å². The van der Waals surface area contributed by atoms with Crippen molar-refractivity contribution in [1.29, 1.82) is 0 Å². The van der Waals surface area contributed by atoms with Gasteiger partial charge in [0.25, 0.3) is 0 Å². The molecule has 0 bridgehead atoms. The van der Waals surface area contributed by atoms with Gasteiger partial charge in [0, 0.05) is 24.8 Å². The molecule has 1 saturated heterocycles. The Labute approximate surface area is 155 Å². The summed E-state index contributed by atoms with van der Waals surface area (Å²) in [4.78, 5) is 23.9. The smallest absolute Gasteiger partial charge is 0.239 e. The maximum absolute atomic E-state index is 12.4. The van der Waals surface area contributed by atoms with Crippen LogP contribution in [0.2, 0.25) is 0 Å². The molecule has 0 aromatic carbocycles. The Morgan fingerprint density at radius 1 is 1.38 bits per heavy atom. The van der Waals surface area contributed by atoms with Gasteiger partial charge in [-0.15, -0.1) is 0 Å². The number of piperidine rings is 1. The molecular formula is C19H31N5O2. The molecule has 7 heteroatoms. The number of fused-ring (bicyclic) bond motifs is 1. The van der Waals surface area contributed by atoms with Crippen LogP contribution in [0.4, 0.5) is 5.95 Å². The summed E-state index contributed by atoms with van der Waals surface area (Å²) in [6, 6.07) is -0.124. The van der Waals surface area contributed by atoms with Crippen LogP contribution >= 0.6 is 0 Å². The van der Waals surface area contributed by atoms with E-state index in [0.29, 0.717) is 0 Å². The Morgan fingerprint density at radius 2 is 2.04 bits per heavy atom. The molecule has 0 radical (unpaired) electrons. The molecule has 3 rings (SSSR count). The lowest BCUT2D eigenvalue weighted by atomic mass is 9.74. The molecule has 26 heavy (non-hydrogen) atoms. The van der Waals surface area contributed by atoms with Crippen LogP contribution in [-0.2, 0) is 11.2 Å². The van der Waals surface area contributed by atoms with Crippen molar-refractivity contribution in [2.45, 2.75) is 71.1 Å². The summed E-state index contributed by atoms with van der Waals surface area (Å²) in [5.41, 5.74) is 7.05. The number of aliphatic hydroxyl groups is 1. The third kappa shape index (κ3) is 4.15. The van der Waals surface area contributed by atoms with E-state index in [-0.39, 0.29) is 23.5 Å². The topological polar surface area (TPSA) is 104 Å². The summed E-state index contributed by atoms with van der Waals surface area (Å²) >= 11 is 0. The van der Waals surface area contributed by atoms with Gasteiger partial charge >= 0.3 is 0 Å². The summed E-state index contributed by atoms with van der Waals surface area (Å²) in [6.07, 6.45) is 4.81. The first-order chi connectivity index (χ1) is 12.0. The summed E-state index contributed by atoms with van der Waals surface area (Å²) in [5.74, 6) is 0.554. The molecule has 7 nitrogen and oxygen atoms in total. The van der Waals surface area contributed by atoms with Gasteiger partial charge in [0.1, 0.15) is 0 Å². The van der Waals surface area contributed by atoms with Crippen LogP contribution in [0, 0.1) is 5.41 Å². The van der Waals surface area contributed by atoms with E-state index in [1.807, 2.05) is 6.20 Å². The highest BCUT2D eigenvalue weighted by Gasteiger charge is 2.36. The van der Waals surface area contributed by atoms with Gasteiger partial charge in [-0.1, -0.05) is 13.8 Å². The zero-order valence-electron chi connectivity index (χ0n) is 16.2. The van der Waals surface area contributed by atoms with Gasteiger partial charge in [-0.25, -0.2) is 9.97 Å². The number of aliphatic hydroxyl groups excluding tert-OH is 1. The van der Waals surface area contributed by atoms with Crippen LogP contribution < -0.4 is 16.0 Å². The van der Waals surface area contributed by atoms with Crippen molar-refractivity contribution in [3.63, 3.8) is 0 Å². The fourth-order valence-electron chi connectivity index (χ4n) is 3.73. The number of hydrogen-bond donors (Lipinski definition) is 3. The highest BCUT2D eigenvalue weighted by atomic mass is 16.3. The number of rotatable bonds is 3. The highest BCUT2D eigenvalue weighted by Crippen LogP contribution is 2.40. The molecule has 2 aliphatic rings. The van der Waals surface area contributed by atoms with E-state index in [0.717, 1.165) is 56.0 Å². The van der Waals surface area contributed by atoms with Crippen LogP contribution in [0.5, 0.6) is 0 Å². The Hall–Kier alpha value is -1.73. The maximum atomic E-state index is 12.4. The minimum atomic E-state index is -0.919. The Morgan fingerprint density at radius 3 is 2.65 bits per heavy atom. The Bertz CT molecular complexity index is 675. The number of nitrogens with zero attached hydrogens (tertiary/aromatic N) is 3. The molecule has 0 unspecified atom stereocenters. The van der Waals surface area contributed by atoms with E-state index in [4.69, 9.17) is 10.7 Å². The van der Waals surface area contributed by atoms with E-state index in [2.05, 4.69) is 29.0 Å². The average molecular weight is 361 g/mol. The molecule has 1 aliphatic heterocycles. The summed E-state index contributed by atoms with van der Waals surface area (Å²) in [7, 11) is 0. The van der Waals surface area contributed by atoms with Gasteiger partial charge in [-0.3, -0.25) is 4.79 Å². The predicted octanol–water partition coefficient (Wildman–Crippen LogP) is 1.30. The van der Waals surface area contributed by atoms with Crippen molar-refractivity contribution in [1.82, 2.24) is 15.3 Å². The largest absolute Gasteiger partial charge is 0.393 e. The molecule has 1 atom stereocenters. The van der Waals surface area contributed by atoms with Gasteiger partial charge in [0.2, 0.25) is 11.9 Å². The monoisotopic (exact) mass is 361 g/mol. The standard InChI is InChI=1S/C19H31N5O2/c1-18(2)9-14(22-16(26)19(3,4)20)13-11-21-17(23-15(13)10-18)24-7-5-12(25)6-8-24/h11-12,14,25H,5-10,20H2,1-4H3,(H,22,26)/t14-/m1/s1. The molecule has 144 valence electrons. The van der Waals surface area contributed by atoms with Crippen molar-refractivity contribution in [2.75, 3.05) is 18.0 Å². The van der Waals surface area contributed by atoms with Gasteiger partial charge in [-0.05, 0) is 44.9 Å². The molecule has 1 aliphatic carbocycles. The normalized spacial score (nSPS) is 23.5. The lowest BCUT2D eigenvalue weighted by Gasteiger charge is -2.38. The van der Waals surface area contributed by atoms with Crippen LogP contribution in [0.3, 0.4) is 0 Å². The zero-order chi connectivity index (χ0) is 19.1. The molecule has 0 spiro atoms. The highest BCUT2D eigenvalue weighted by molar-refractivity contribution is 5.85. The average Bonchev–Trinajstić information content (AvgIpc) is 2.53. The first kappa shape index (κ1) is 19.0. The summed E-state index contributed by atoms with van der Waals surface area (Å²) < 4.78 is 0. The van der Waals surface area contributed by atoms with E-state index in [1.54, 1.807) is 13.8 Å². The van der Waals surface area contributed by atoms with Crippen LogP contribution in [-0.4, -0.2) is 45.7 Å². The van der Waals surface area contributed by atoms with Crippen molar-refractivity contribution >= 4 is 11.9 Å². The third-order valence-electron chi connectivity index (χ3n) is 5.30. The van der Waals surface area contributed by atoms with Gasteiger partial charge in [-0.2, -0.15) is 0 Å². The van der Waals surface area contributed by atoms with E-state index in [9.17, 15) is 9.90 Å². The van der Waals surface area contributed by atoms with Crippen molar-refractivity contribution < 1.29 is 9.90 Å². The molecule has 1 amide bonds. The number of aromatic nitrogens is 2. The Balaban J connectivity index is 1.85. The quantitative estimate of drug-likeness (QED) is 0.750. The number of nitrogens with two attached hydrogens (primary N) is 1. The fourth-order valence-corrected chi connectivity index (χ4v) is 3.73. The molecule has 1 aromatic rings. The number of anilines is 1. The number of nitrogens with one attached hydrogen (secondary N) is 1. The molecular weight excluding hydrogens is 330 g/mol. The first-order valence-electron chi connectivity index (χ1n) is 9.44. The van der Waals surface area contributed by atoms with E-state index >= 15 is 0 Å². The van der Waals surface area contributed by atoms with Crippen LogP contribution in [0.15, 0.2) is 6.20 Å². The summed E-state index contributed by atoms with van der Waals surface area (Å²) in [5, 5.41) is 12.8. The van der Waals surface area contributed by atoms with Crippen LogP contribution in [0.25, 0.3) is 0 Å². The predicted molar refractivity (Wildman–Crippen MR) is 101 cm³/mol. The third-order valence-corrected chi connectivity index (χ3v) is 5.30. The van der Waals surface area contributed by atoms with Gasteiger partial charge < -0.3 is 21.1 Å². The maximum Gasteiger partial charge on any atom is 0.239 e. The summed E-state index contributed by atoms with van der Waals surface area (Å²) in [6.45, 7) is 9.35. The number of amides is 1. The lowest BCUT2D eigenvalue weighted by molar-refractivity contribution is -0.126. The molecule has 4 N–H and O–H groups in total. The second-order valence-corrected chi connectivity index (χ2v) is 9.08. The Kier molecular flexibility index (Phi) is 4.96. The fraction of sp³-hybridized carbons (Fsp3) is 0.737. The molecule has 1 fully saturated rings. The number of carbonyl (C=O) groups is 1. The molecule has 2 heterocycles. The second-order valence-electron chi connectivity index (χ2n) is 9.08. The molecule has 0 saturated carbocycles.